The van der Waals surface area contributed by atoms with Crippen LogP contribution in [-0.2, 0) is 19.9 Å². The van der Waals surface area contributed by atoms with E-state index in [-0.39, 0.29) is 5.97 Å². The van der Waals surface area contributed by atoms with E-state index in [2.05, 4.69) is 0 Å². The average Bonchev–Trinajstić information content (AvgIpc) is 2.29. The van der Waals surface area contributed by atoms with E-state index in [4.69, 9.17) is 9.47 Å². The number of rotatable bonds is 2. The van der Waals surface area contributed by atoms with Crippen molar-refractivity contribution in [2.45, 2.75) is 18.9 Å². The van der Waals surface area contributed by atoms with Crippen molar-refractivity contribution in [2.24, 2.45) is 0 Å². The molecule has 1 aromatic rings. The summed E-state index contributed by atoms with van der Waals surface area (Å²) < 4.78 is 10.5. The van der Waals surface area contributed by atoms with Gasteiger partial charge < -0.3 is 9.47 Å². The first-order valence-corrected chi connectivity index (χ1v) is 5.17. The maximum Gasteiger partial charge on any atom is 0.335 e. The number of ether oxygens (including phenoxy) is 2. The first-order chi connectivity index (χ1) is 7.64. The topological polar surface area (TPSA) is 35.5 Å². The molecule has 3 nitrogen and oxygen atoms in total. The molecule has 0 spiro atoms. The molecule has 1 aliphatic rings. The summed E-state index contributed by atoms with van der Waals surface area (Å²) in [4.78, 5) is 11.4. The van der Waals surface area contributed by atoms with Gasteiger partial charge in [0.05, 0.1) is 13.2 Å². The van der Waals surface area contributed by atoms with Gasteiger partial charge in [0, 0.05) is 6.42 Å². The van der Waals surface area contributed by atoms with Crippen LogP contribution in [0, 0.1) is 0 Å². The van der Waals surface area contributed by atoms with Gasteiger partial charge in [-0.15, -0.1) is 0 Å². The normalized spacial score (nSPS) is 24.6. The quantitative estimate of drug-likeness (QED) is 0.715. The zero-order valence-electron chi connectivity index (χ0n) is 9.40. The first-order valence-electron chi connectivity index (χ1n) is 5.17. The Bertz CT molecular complexity index is 422. The van der Waals surface area contributed by atoms with Crippen LogP contribution in [0.25, 0.3) is 0 Å². The van der Waals surface area contributed by atoms with Crippen LogP contribution in [0.3, 0.4) is 0 Å². The lowest BCUT2D eigenvalue weighted by molar-refractivity contribution is -0.156. The van der Waals surface area contributed by atoms with Crippen LogP contribution in [-0.4, -0.2) is 13.1 Å². The molecule has 0 N–H and O–H groups in total. The SMILES string of the molecule is COC1=CC(=O)O[C@](C)(c2ccccc2)C1. The van der Waals surface area contributed by atoms with Crippen molar-refractivity contribution in [1.82, 2.24) is 0 Å². The van der Waals surface area contributed by atoms with E-state index in [1.807, 2.05) is 37.3 Å². The maximum absolute atomic E-state index is 11.4. The standard InChI is InChI=1S/C13H14O3/c1-13(10-6-4-3-5-7-10)9-11(15-2)8-12(14)16-13/h3-8H,9H2,1-2H3/t13-/m0/s1. The molecule has 1 aromatic carbocycles. The Balaban J connectivity index is 2.34. The highest BCUT2D eigenvalue weighted by molar-refractivity contribution is 5.84. The summed E-state index contributed by atoms with van der Waals surface area (Å²) in [6.45, 7) is 1.90. The molecule has 0 bridgehead atoms. The van der Waals surface area contributed by atoms with Crippen molar-refractivity contribution in [2.75, 3.05) is 7.11 Å². The van der Waals surface area contributed by atoms with Gasteiger partial charge in [0.1, 0.15) is 11.4 Å². The minimum absolute atomic E-state index is 0.352. The molecule has 1 atom stereocenters. The van der Waals surface area contributed by atoms with Crippen LogP contribution in [0.4, 0.5) is 0 Å². The molecule has 16 heavy (non-hydrogen) atoms. The third kappa shape index (κ3) is 1.94. The molecular formula is C13H14O3. The predicted octanol–water partition coefficient (Wildman–Crippen LogP) is 2.38. The molecule has 0 amide bonds. The van der Waals surface area contributed by atoms with Gasteiger partial charge in [0.25, 0.3) is 0 Å². The molecule has 0 unspecified atom stereocenters. The largest absolute Gasteiger partial charge is 0.501 e. The van der Waals surface area contributed by atoms with Crippen molar-refractivity contribution >= 4 is 5.97 Å². The van der Waals surface area contributed by atoms with Crippen molar-refractivity contribution in [1.29, 1.82) is 0 Å². The number of hydrogen-bond acceptors (Lipinski definition) is 3. The zero-order valence-corrected chi connectivity index (χ0v) is 9.40. The minimum Gasteiger partial charge on any atom is -0.501 e. The molecule has 0 radical (unpaired) electrons. The summed E-state index contributed by atoms with van der Waals surface area (Å²) in [6, 6.07) is 9.70. The molecule has 3 heteroatoms. The molecular weight excluding hydrogens is 204 g/mol. The molecule has 1 aliphatic heterocycles. The second-order valence-electron chi connectivity index (χ2n) is 4.01. The van der Waals surface area contributed by atoms with Gasteiger partial charge in [0.2, 0.25) is 0 Å². The van der Waals surface area contributed by atoms with Crippen LogP contribution in [0.2, 0.25) is 0 Å². The molecule has 84 valence electrons. The minimum atomic E-state index is -0.627. The fraction of sp³-hybridized carbons (Fsp3) is 0.308. The highest BCUT2D eigenvalue weighted by atomic mass is 16.6. The average molecular weight is 218 g/mol. The van der Waals surface area contributed by atoms with E-state index in [1.54, 1.807) is 7.11 Å². The molecule has 0 aliphatic carbocycles. The third-order valence-electron chi connectivity index (χ3n) is 2.76. The molecule has 0 aromatic heterocycles. The summed E-state index contributed by atoms with van der Waals surface area (Å²) in [5.41, 5.74) is 0.351. The summed E-state index contributed by atoms with van der Waals surface area (Å²) >= 11 is 0. The predicted molar refractivity (Wildman–Crippen MR) is 59.6 cm³/mol. The van der Waals surface area contributed by atoms with E-state index in [0.29, 0.717) is 12.2 Å². The molecule has 0 saturated heterocycles. The highest BCUT2D eigenvalue weighted by Gasteiger charge is 2.35. The van der Waals surface area contributed by atoms with Crippen molar-refractivity contribution in [3.8, 4) is 0 Å². The van der Waals surface area contributed by atoms with E-state index < -0.39 is 5.60 Å². The van der Waals surface area contributed by atoms with Gasteiger partial charge in [-0.25, -0.2) is 4.79 Å². The molecule has 2 rings (SSSR count). The van der Waals surface area contributed by atoms with Crippen LogP contribution in [0.1, 0.15) is 18.9 Å². The number of cyclic esters (lactones) is 1. The lowest BCUT2D eigenvalue weighted by Gasteiger charge is -2.33. The second-order valence-corrected chi connectivity index (χ2v) is 4.01. The fourth-order valence-corrected chi connectivity index (χ4v) is 1.89. The molecule has 0 saturated carbocycles. The number of hydrogen-bond donors (Lipinski definition) is 0. The molecule has 1 heterocycles. The van der Waals surface area contributed by atoms with Crippen molar-refractivity contribution < 1.29 is 14.3 Å². The summed E-state index contributed by atoms with van der Waals surface area (Å²) in [5, 5.41) is 0. The lowest BCUT2D eigenvalue weighted by Crippen LogP contribution is -2.32. The van der Waals surface area contributed by atoms with Gasteiger partial charge in [-0.1, -0.05) is 30.3 Å². The summed E-state index contributed by atoms with van der Waals surface area (Å²) in [6.07, 6.45) is 1.96. The summed E-state index contributed by atoms with van der Waals surface area (Å²) in [7, 11) is 1.57. The maximum atomic E-state index is 11.4. The first kappa shape index (κ1) is 10.7. The Labute approximate surface area is 94.7 Å². The van der Waals surface area contributed by atoms with E-state index in [1.165, 1.54) is 6.08 Å². The second kappa shape index (κ2) is 4.00. The monoisotopic (exact) mass is 218 g/mol. The van der Waals surface area contributed by atoms with Gasteiger partial charge in [-0.2, -0.15) is 0 Å². The van der Waals surface area contributed by atoms with Crippen molar-refractivity contribution in [3.63, 3.8) is 0 Å². The van der Waals surface area contributed by atoms with Gasteiger partial charge in [0.15, 0.2) is 0 Å². The van der Waals surface area contributed by atoms with Crippen LogP contribution in [0.15, 0.2) is 42.2 Å². The van der Waals surface area contributed by atoms with E-state index >= 15 is 0 Å². The number of benzene rings is 1. The zero-order chi connectivity index (χ0) is 11.6. The van der Waals surface area contributed by atoms with Gasteiger partial charge in [-0.05, 0) is 12.5 Å². The smallest absolute Gasteiger partial charge is 0.335 e. The number of carbonyl (C=O) groups is 1. The van der Waals surface area contributed by atoms with E-state index in [9.17, 15) is 4.79 Å². The Morgan fingerprint density at radius 2 is 2.00 bits per heavy atom. The highest BCUT2D eigenvalue weighted by Crippen LogP contribution is 2.35. The van der Waals surface area contributed by atoms with Crippen LogP contribution >= 0.6 is 0 Å². The van der Waals surface area contributed by atoms with Crippen molar-refractivity contribution in [3.05, 3.63) is 47.7 Å². The van der Waals surface area contributed by atoms with Gasteiger partial charge >= 0.3 is 5.97 Å². The Hall–Kier alpha value is -1.77. The summed E-state index contributed by atoms with van der Waals surface area (Å²) in [5.74, 6) is 0.303. The third-order valence-corrected chi connectivity index (χ3v) is 2.76. The Morgan fingerprint density at radius 3 is 2.62 bits per heavy atom. The number of methoxy groups -OCH3 is 1. The number of esters is 1. The Morgan fingerprint density at radius 1 is 1.31 bits per heavy atom. The fourth-order valence-electron chi connectivity index (χ4n) is 1.89. The number of carbonyl (C=O) groups excluding carboxylic acids is 1. The lowest BCUT2D eigenvalue weighted by atomic mass is 9.90. The Kier molecular flexibility index (Phi) is 2.69. The van der Waals surface area contributed by atoms with Gasteiger partial charge in [-0.3, -0.25) is 0 Å². The van der Waals surface area contributed by atoms with Crippen LogP contribution in [0.5, 0.6) is 0 Å². The van der Waals surface area contributed by atoms with E-state index in [0.717, 1.165) is 5.56 Å². The molecule has 0 fully saturated rings. The van der Waals surface area contributed by atoms with Crippen LogP contribution < -0.4 is 0 Å².